The summed E-state index contributed by atoms with van der Waals surface area (Å²) in [6.07, 6.45) is -0.0745. The highest BCUT2D eigenvalue weighted by molar-refractivity contribution is 6.31. The van der Waals surface area contributed by atoms with Crippen LogP contribution >= 0.6 is 23.2 Å². The van der Waals surface area contributed by atoms with Crippen LogP contribution in [0, 0.1) is 0 Å². The Balaban J connectivity index is 1.60. The lowest BCUT2D eigenvalue weighted by molar-refractivity contribution is -0.119. The Hall–Kier alpha value is -1.79. The second kappa shape index (κ2) is 8.73. The number of amides is 1. The van der Waals surface area contributed by atoms with Gasteiger partial charge < -0.3 is 14.8 Å². The van der Waals surface area contributed by atoms with Gasteiger partial charge in [-0.25, -0.2) is 0 Å². The Labute approximate surface area is 162 Å². The van der Waals surface area contributed by atoms with Gasteiger partial charge in [-0.1, -0.05) is 35.3 Å². The molecule has 1 aliphatic rings. The van der Waals surface area contributed by atoms with E-state index in [9.17, 15) is 4.79 Å². The number of morpholine rings is 1. The van der Waals surface area contributed by atoms with Crippen molar-refractivity contribution in [2.24, 2.45) is 0 Å². The predicted octanol–water partition coefficient (Wildman–Crippen LogP) is 4.01. The van der Waals surface area contributed by atoms with Crippen LogP contribution in [0.15, 0.2) is 42.5 Å². The van der Waals surface area contributed by atoms with Crippen LogP contribution in [-0.2, 0) is 9.53 Å². The molecule has 0 aromatic heterocycles. The van der Waals surface area contributed by atoms with Crippen molar-refractivity contribution in [3.8, 4) is 5.75 Å². The Kier molecular flexibility index (Phi) is 6.38. The first-order chi connectivity index (χ1) is 12.5. The summed E-state index contributed by atoms with van der Waals surface area (Å²) in [6.45, 7) is 2.18. The number of anilines is 1. The third kappa shape index (κ3) is 4.89. The standard InChI is InChI=1S/C19H20Cl2N2O3/c1-25-17-7-6-15(21)10-16(17)22-19(24)12-23-8-9-26-18(11-23)13-2-4-14(20)5-3-13/h2-7,10,18H,8-9,11-12H2,1H3,(H,22,24). The van der Waals surface area contributed by atoms with Crippen LogP contribution < -0.4 is 10.1 Å². The van der Waals surface area contributed by atoms with Crippen molar-refractivity contribution in [2.45, 2.75) is 6.10 Å². The quantitative estimate of drug-likeness (QED) is 0.831. The highest BCUT2D eigenvalue weighted by Gasteiger charge is 2.23. The molecule has 0 aliphatic carbocycles. The van der Waals surface area contributed by atoms with Crippen molar-refractivity contribution in [1.29, 1.82) is 0 Å². The average Bonchev–Trinajstić information content (AvgIpc) is 2.62. The van der Waals surface area contributed by atoms with E-state index >= 15 is 0 Å². The summed E-state index contributed by atoms with van der Waals surface area (Å²) in [7, 11) is 1.55. The largest absolute Gasteiger partial charge is 0.495 e. The van der Waals surface area contributed by atoms with Crippen LogP contribution in [0.3, 0.4) is 0 Å². The summed E-state index contributed by atoms with van der Waals surface area (Å²) in [5.41, 5.74) is 1.61. The number of halogens is 2. The molecular formula is C19H20Cl2N2O3. The van der Waals surface area contributed by atoms with Gasteiger partial charge in [-0.05, 0) is 35.9 Å². The first-order valence-corrected chi connectivity index (χ1v) is 9.03. The first kappa shape index (κ1) is 19.0. The molecule has 0 spiro atoms. The molecule has 1 aliphatic heterocycles. The molecule has 0 bridgehead atoms. The third-order valence-electron chi connectivity index (χ3n) is 4.20. The molecule has 0 radical (unpaired) electrons. The van der Waals surface area contributed by atoms with Crippen LogP contribution in [0.4, 0.5) is 5.69 Å². The van der Waals surface area contributed by atoms with Crippen LogP contribution in [-0.4, -0.2) is 44.2 Å². The fourth-order valence-electron chi connectivity index (χ4n) is 2.90. The first-order valence-electron chi connectivity index (χ1n) is 8.28. The third-order valence-corrected chi connectivity index (χ3v) is 4.68. The number of benzene rings is 2. The minimum Gasteiger partial charge on any atom is -0.495 e. The summed E-state index contributed by atoms with van der Waals surface area (Å²) in [4.78, 5) is 14.5. The highest BCUT2D eigenvalue weighted by Crippen LogP contribution is 2.28. The second-order valence-electron chi connectivity index (χ2n) is 6.04. The van der Waals surface area contributed by atoms with Crippen molar-refractivity contribution in [2.75, 3.05) is 38.7 Å². The molecule has 1 N–H and O–H groups in total. The normalized spacial score (nSPS) is 17.7. The minimum atomic E-state index is -0.123. The molecule has 1 heterocycles. The number of methoxy groups -OCH3 is 1. The number of nitrogens with zero attached hydrogens (tertiary/aromatic N) is 1. The van der Waals surface area contributed by atoms with E-state index in [0.29, 0.717) is 41.2 Å². The minimum absolute atomic E-state index is 0.0745. The van der Waals surface area contributed by atoms with Crippen molar-refractivity contribution in [1.82, 2.24) is 4.90 Å². The zero-order chi connectivity index (χ0) is 18.5. The molecule has 26 heavy (non-hydrogen) atoms. The summed E-state index contributed by atoms with van der Waals surface area (Å²) in [5, 5.41) is 4.09. The van der Waals surface area contributed by atoms with E-state index in [0.717, 1.165) is 5.56 Å². The number of hydrogen-bond donors (Lipinski definition) is 1. The average molecular weight is 395 g/mol. The van der Waals surface area contributed by atoms with Gasteiger partial charge in [0.05, 0.1) is 32.1 Å². The Morgan fingerprint density at radius 2 is 1.96 bits per heavy atom. The second-order valence-corrected chi connectivity index (χ2v) is 6.91. The molecule has 1 amide bonds. The van der Waals surface area contributed by atoms with Crippen molar-refractivity contribution < 1.29 is 14.3 Å². The molecule has 1 saturated heterocycles. The van der Waals surface area contributed by atoms with E-state index in [1.54, 1.807) is 25.3 Å². The predicted molar refractivity (Wildman–Crippen MR) is 103 cm³/mol. The fourth-order valence-corrected chi connectivity index (χ4v) is 3.19. The maximum Gasteiger partial charge on any atom is 0.238 e. The number of hydrogen-bond acceptors (Lipinski definition) is 4. The molecule has 7 heteroatoms. The van der Waals surface area contributed by atoms with E-state index in [2.05, 4.69) is 10.2 Å². The van der Waals surface area contributed by atoms with Gasteiger partial charge in [0, 0.05) is 23.1 Å². The molecule has 138 valence electrons. The van der Waals surface area contributed by atoms with Crippen molar-refractivity contribution in [3.63, 3.8) is 0 Å². The van der Waals surface area contributed by atoms with Crippen LogP contribution in [0.5, 0.6) is 5.75 Å². The molecule has 3 rings (SSSR count). The molecular weight excluding hydrogens is 375 g/mol. The molecule has 0 saturated carbocycles. The summed E-state index contributed by atoms with van der Waals surface area (Å²) < 4.78 is 11.1. The number of ether oxygens (including phenoxy) is 2. The summed E-state index contributed by atoms with van der Waals surface area (Å²) >= 11 is 11.9. The lowest BCUT2D eigenvalue weighted by Crippen LogP contribution is -2.42. The van der Waals surface area contributed by atoms with Crippen molar-refractivity contribution >= 4 is 34.8 Å². The lowest BCUT2D eigenvalue weighted by Gasteiger charge is -2.32. The number of nitrogens with one attached hydrogen (secondary N) is 1. The zero-order valence-electron chi connectivity index (χ0n) is 14.4. The van der Waals surface area contributed by atoms with Gasteiger partial charge in [-0.2, -0.15) is 0 Å². The van der Waals surface area contributed by atoms with Gasteiger partial charge in [0.15, 0.2) is 0 Å². The fraction of sp³-hybridized carbons (Fsp3) is 0.316. The number of carbonyl (C=O) groups excluding carboxylic acids is 1. The topological polar surface area (TPSA) is 50.8 Å². The maximum atomic E-state index is 12.4. The Bertz CT molecular complexity index is 768. The van der Waals surface area contributed by atoms with Crippen molar-refractivity contribution in [3.05, 3.63) is 58.1 Å². The highest BCUT2D eigenvalue weighted by atomic mass is 35.5. The molecule has 1 fully saturated rings. The van der Waals surface area contributed by atoms with E-state index in [4.69, 9.17) is 32.7 Å². The number of rotatable bonds is 5. The molecule has 1 atom stereocenters. The molecule has 2 aromatic carbocycles. The SMILES string of the molecule is COc1ccc(Cl)cc1NC(=O)CN1CCOC(c2ccc(Cl)cc2)C1. The molecule has 2 aromatic rings. The van der Waals surface area contributed by atoms with E-state index in [1.165, 1.54) is 0 Å². The zero-order valence-corrected chi connectivity index (χ0v) is 15.9. The smallest absolute Gasteiger partial charge is 0.238 e. The summed E-state index contributed by atoms with van der Waals surface area (Å²) in [5.74, 6) is 0.450. The Morgan fingerprint density at radius 3 is 2.69 bits per heavy atom. The van der Waals surface area contributed by atoms with Gasteiger partial charge in [-0.15, -0.1) is 0 Å². The lowest BCUT2D eigenvalue weighted by atomic mass is 10.1. The molecule has 1 unspecified atom stereocenters. The van der Waals surface area contributed by atoms with Crippen LogP contribution in [0.2, 0.25) is 10.0 Å². The van der Waals surface area contributed by atoms with E-state index in [-0.39, 0.29) is 18.6 Å². The van der Waals surface area contributed by atoms with Gasteiger partial charge in [0.2, 0.25) is 5.91 Å². The summed E-state index contributed by atoms with van der Waals surface area (Å²) in [6, 6.07) is 12.7. The van der Waals surface area contributed by atoms with E-state index < -0.39 is 0 Å². The number of carbonyl (C=O) groups is 1. The van der Waals surface area contributed by atoms with Gasteiger partial charge in [-0.3, -0.25) is 9.69 Å². The monoisotopic (exact) mass is 394 g/mol. The van der Waals surface area contributed by atoms with Gasteiger partial charge >= 0.3 is 0 Å². The maximum absolute atomic E-state index is 12.4. The Morgan fingerprint density at radius 1 is 1.23 bits per heavy atom. The van der Waals surface area contributed by atoms with Crippen LogP contribution in [0.25, 0.3) is 0 Å². The van der Waals surface area contributed by atoms with Gasteiger partial charge in [0.1, 0.15) is 5.75 Å². The molecule has 5 nitrogen and oxygen atoms in total. The van der Waals surface area contributed by atoms with Gasteiger partial charge in [0.25, 0.3) is 0 Å². The van der Waals surface area contributed by atoms with E-state index in [1.807, 2.05) is 24.3 Å². The van der Waals surface area contributed by atoms with Crippen LogP contribution in [0.1, 0.15) is 11.7 Å².